The minimum Gasteiger partial charge on any atom is -0.507 e. The maximum absolute atomic E-state index is 12.6. The monoisotopic (exact) mass is 340 g/mol. The van der Waals surface area contributed by atoms with Gasteiger partial charge in [0.25, 0.3) is 5.91 Å². The third kappa shape index (κ3) is 4.03. The molecular formula is C16H24N2O4S. The molecule has 1 aliphatic heterocycles. The molecule has 0 saturated carbocycles. The van der Waals surface area contributed by atoms with Crippen LogP contribution in [0.2, 0.25) is 0 Å². The number of nitrogens with zero attached hydrogens (tertiary/aromatic N) is 1. The van der Waals surface area contributed by atoms with E-state index in [2.05, 4.69) is 4.72 Å². The van der Waals surface area contributed by atoms with Crippen LogP contribution >= 0.6 is 0 Å². The van der Waals surface area contributed by atoms with Crippen LogP contribution in [0, 0.1) is 0 Å². The van der Waals surface area contributed by atoms with Crippen molar-refractivity contribution >= 4 is 15.9 Å². The van der Waals surface area contributed by atoms with E-state index >= 15 is 0 Å². The van der Waals surface area contributed by atoms with Crippen molar-refractivity contribution in [3.63, 3.8) is 0 Å². The molecule has 7 heteroatoms. The third-order valence-corrected chi connectivity index (χ3v) is 6.03. The van der Waals surface area contributed by atoms with Crippen molar-refractivity contribution in [1.29, 1.82) is 0 Å². The summed E-state index contributed by atoms with van der Waals surface area (Å²) in [6.45, 7) is 6.03. The molecule has 1 fully saturated rings. The Morgan fingerprint density at radius 1 is 1.43 bits per heavy atom. The molecule has 2 N–H and O–H groups in total. The number of amides is 1. The van der Waals surface area contributed by atoms with Crippen LogP contribution in [-0.4, -0.2) is 48.7 Å². The number of likely N-dealkylation sites (tertiary alicyclic amines) is 1. The van der Waals surface area contributed by atoms with Crippen LogP contribution in [0.4, 0.5) is 0 Å². The average molecular weight is 340 g/mol. The largest absolute Gasteiger partial charge is 0.507 e. The van der Waals surface area contributed by atoms with Crippen molar-refractivity contribution in [2.45, 2.75) is 44.9 Å². The molecule has 0 spiro atoms. The van der Waals surface area contributed by atoms with Gasteiger partial charge in [0.05, 0.1) is 10.8 Å². The van der Waals surface area contributed by atoms with Crippen molar-refractivity contribution in [3.05, 3.63) is 29.3 Å². The van der Waals surface area contributed by atoms with Gasteiger partial charge in [0, 0.05) is 19.1 Å². The van der Waals surface area contributed by atoms with Gasteiger partial charge in [-0.1, -0.05) is 13.0 Å². The Kier molecular flexibility index (Phi) is 5.31. The average Bonchev–Trinajstić information content (AvgIpc) is 2.96. The summed E-state index contributed by atoms with van der Waals surface area (Å²) < 4.78 is 27.0. The van der Waals surface area contributed by atoms with Gasteiger partial charge in [-0.3, -0.25) is 4.79 Å². The van der Waals surface area contributed by atoms with Crippen molar-refractivity contribution < 1.29 is 18.3 Å². The number of carbonyl (C=O) groups excluding carboxylic acids is 1. The van der Waals surface area contributed by atoms with Crippen molar-refractivity contribution in [1.82, 2.24) is 9.62 Å². The lowest BCUT2D eigenvalue weighted by atomic mass is 10.1. The summed E-state index contributed by atoms with van der Waals surface area (Å²) in [5.74, 6) is -0.390. The van der Waals surface area contributed by atoms with Crippen LogP contribution in [0.25, 0.3) is 0 Å². The number of rotatable bonds is 5. The second kappa shape index (κ2) is 6.88. The van der Waals surface area contributed by atoms with Crippen LogP contribution in [0.5, 0.6) is 5.75 Å². The molecule has 1 heterocycles. The molecule has 6 nitrogen and oxygen atoms in total. The van der Waals surface area contributed by atoms with E-state index < -0.39 is 15.3 Å². The molecule has 1 atom stereocenters. The van der Waals surface area contributed by atoms with Gasteiger partial charge in [0.2, 0.25) is 10.0 Å². The molecule has 128 valence electrons. The second-order valence-corrected chi connectivity index (χ2v) is 8.18. The molecular weight excluding hydrogens is 316 g/mol. The van der Waals surface area contributed by atoms with Crippen LogP contribution in [0.15, 0.2) is 18.2 Å². The first-order valence-corrected chi connectivity index (χ1v) is 9.41. The van der Waals surface area contributed by atoms with Gasteiger partial charge in [-0.2, -0.15) is 0 Å². The quantitative estimate of drug-likeness (QED) is 0.850. The van der Waals surface area contributed by atoms with Crippen molar-refractivity contribution in [2.75, 3.05) is 13.1 Å². The Hall–Kier alpha value is -1.60. The molecule has 1 amide bonds. The van der Waals surface area contributed by atoms with Gasteiger partial charge < -0.3 is 10.0 Å². The lowest BCUT2D eigenvalue weighted by Crippen LogP contribution is -2.40. The van der Waals surface area contributed by atoms with Crippen LogP contribution in [0.3, 0.4) is 0 Å². The Morgan fingerprint density at radius 2 is 2.13 bits per heavy atom. The number of hydrogen-bond donors (Lipinski definition) is 2. The van der Waals surface area contributed by atoms with E-state index in [9.17, 15) is 18.3 Å². The van der Waals surface area contributed by atoms with Crippen LogP contribution in [0.1, 0.15) is 43.1 Å². The summed E-state index contributed by atoms with van der Waals surface area (Å²) in [7, 11) is -3.44. The smallest absolute Gasteiger partial charge is 0.257 e. The second-order valence-electron chi connectivity index (χ2n) is 6.18. The summed E-state index contributed by atoms with van der Waals surface area (Å²) in [6.07, 6.45) is 1.16. The van der Waals surface area contributed by atoms with Gasteiger partial charge in [0.1, 0.15) is 5.75 Å². The highest BCUT2D eigenvalue weighted by atomic mass is 32.2. The molecule has 0 radical (unpaired) electrons. The van der Waals surface area contributed by atoms with Gasteiger partial charge in [0.15, 0.2) is 0 Å². The molecule has 0 bridgehead atoms. The van der Waals surface area contributed by atoms with E-state index in [1.54, 1.807) is 26.0 Å². The number of benzene rings is 1. The number of nitrogens with one attached hydrogen (secondary N) is 1. The van der Waals surface area contributed by atoms with Crippen molar-refractivity contribution in [2.24, 2.45) is 0 Å². The van der Waals surface area contributed by atoms with Gasteiger partial charge in [-0.25, -0.2) is 13.1 Å². The molecule has 1 saturated heterocycles. The lowest BCUT2D eigenvalue weighted by Gasteiger charge is -2.18. The normalized spacial score (nSPS) is 18.6. The number of phenolic OH excluding ortho intramolecular Hbond substituents is 1. The van der Waals surface area contributed by atoms with Crippen LogP contribution in [-0.2, 0) is 16.4 Å². The van der Waals surface area contributed by atoms with Gasteiger partial charge in [-0.15, -0.1) is 0 Å². The molecule has 1 unspecified atom stereocenters. The third-order valence-electron chi connectivity index (χ3n) is 3.97. The number of carbonyl (C=O) groups is 1. The highest BCUT2D eigenvalue weighted by Gasteiger charge is 2.36. The zero-order valence-electron chi connectivity index (χ0n) is 13.7. The van der Waals surface area contributed by atoms with Crippen LogP contribution < -0.4 is 4.72 Å². The molecule has 1 aliphatic rings. The Balaban J connectivity index is 2.14. The maximum atomic E-state index is 12.6. The molecule has 0 aromatic heterocycles. The van der Waals surface area contributed by atoms with Gasteiger partial charge in [-0.05, 0) is 44.4 Å². The van der Waals surface area contributed by atoms with E-state index in [1.165, 1.54) is 11.0 Å². The molecule has 1 aromatic carbocycles. The Morgan fingerprint density at radius 3 is 2.74 bits per heavy atom. The zero-order valence-corrected chi connectivity index (χ0v) is 14.6. The van der Waals surface area contributed by atoms with Gasteiger partial charge >= 0.3 is 0 Å². The zero-order chi connectivity index (χ0) is 17.2. The maximum Gasteiger partial charge on any atom is 0.257 e. The first kappa shape index (κ1) is 17.7. The summed E-state index contributed by atoms with van der Waals surface area (Å²) in [6, 6.07) is 4.79. The topological polar surface area (TPSA) is 86.7 Å². The molecule has 0 aliphatic carbocycles. The number of phenols is 1. The number of sulfonamides is 1. The predicted molar refractivity (Wildman–Crippen MR) is 89.0 cm³/mol. The van der Waals surface area contributed by atoms with E-state index in [4.69, 9.17) is 0 Å². The summed E-state index contributed by atoms with van der Waals surface area (Å²) >= 11 is 0. The molecule has 23 heavy (non-hydrogen) atoms. The summed E-state index contributed by atoms with van der Waals surface area (Å²) in [4.78, 5) is 14.1. The lowest BCUT2D eigenvalue weighted by molar-refractivity contribution is 0.0790. The number of aromatic hydroxyl groups is 1. The minimum absolute atomic E-state index is 0.0705. The van der Waals surface area contributed by atoms with E-state index in [1.807, 2.05) is 6.92 Å². The fraction of sp³-hybridized carbons (Fsp3) is 0.562. The Bertz CT molecular complexity index is 685. The standard InChI is InChI=1S/C16H24N2O4S/c1-4-12-5-6-15(19)14(9-12)16(20)18-8-7-13(10-18)23(21,22)17-11(2)3/h5-6,9,11,13,17,19H,4,7-8,10H2,1-3H3. The molecule has 1 aromatic rings. The first-order valence-electron chi connectivity index (χ1n) is 7.87. The van der Waals surface area contributed by atoms with Crippen molar-refractivity contribution in [3.8, 4) is 5.75 Å². The SMILES string of the molecule is CCc1ccc(O)c(C(=O)N2CCC(S(=O)(=O)NC(C)C)C2)c1. The first-order chi connectivity index (χ1) is 10.7. The molecule has 2 rings (SSSR count). The summed E-state index contributed by atoms with van der Waals surface area (Å²) in [5, 5.41) is 9.32. The fourth-order valence-electron chi connectivity index (χ4n) is 2.74. The Labute approximate surface area is 137 Å². The highest BCUT2D eigenvalue weighted by molar-refractivity contribution is 7.90. The van der Waals surface area contributed by atoms with E-state index in [0.29, 0.717) is 13.0 Å². The number of hydrogen-bond acceptors (Lipinski definition) is 4. The summed E-state index contributed by atoms with van der Waals surface area (Å²) in [5.41, 5.74) is 1.19. The highest BCUT2D eigenvalue weighted by Crippen LogP contribution is 2.24. The van der Waals surface area contributed by atoms with E-state index in [-0.39, 0.29) is 29.8 Å². The number of aryl methyl sites for hydroxylation is 1. The predicted octanol–water partition coefficient (Wildman–Crippen LogP) is 1.50. The van der Waals surface area contributed by atoms with E-state index in [0.717, 1.165) is 12.0 Å². The minimum atomic E-state index is -3.44. The fourth-order valence-corrected chi connectivity index (χ4v) is 4.38.